The molecule has 0 bridgehead atoms. The minimum Gasteiger partial charge on any atom is -0.347 e. The second kappa shape index (κ2) is 8.26. The molecule has 1 amide bonds. The molecule has 2 aliphatic rings. The van der Waals surface area contributed by atoms with Crippen molar-refractivity contribution in [3.63, 3.8) is 0 Å². The number of amides is 1. The minimum absolute atomic E-state index is 0.136. The Balaban J connectivity index is 1.38. The summed E-state index contributed by atoms with van der Waals surface area (Å²) in [7, 11) is 0. The van der Waals surface area contributed by atoms with Crippen LogP contribution in [0.3, 0.4) is 0 Å². The maximum atomic E-state index is 14.1. The normalized spacial score (nSPS) is 18.6. The highest BCUT2D eigenvalue weighted by molar-refractivity contribution is 5.98. The van der Waals surface area contributed by atoms with Crippen LogP contribution in [-0.2, 0) is 0 Å². The Morgan fingerprint density at radius 2 is 1.81 bits per heavy atom. The molecular formula is C26H25F3N6O. The lowest BCUT2D eigenvalue weighted by Crippen LogP contribution is -2.36. The molecule has 0 unspecified atom stereocenters. The summed E-state index contributed by atoms with van der Waals surface area (Å²) in [5, 5.41) is 12.2. The number of benzene rings is 1. The molecule has 186 valence electrons. The molecule has 4 heterocycles. The summed E-state index contributed by atoms with van der Waals surface area (Å²) >= 11 is 0. The average Bonchev–Trinajstić information content (AvgIpc) is 3.22. The van der Waals surface area contributed by atoms with Crippen LogP contribution in [0, 0.1) is 0 Å². The Hall–Kier alpha value is -3.53. The largest absolute Gasteiger partial charge is 0.408 e. The molecule has 2 fully saturated rings. The quantitative estimate of drug-likeness (QED) is 0.426. The predicted octanol–water partition coefficient (Wildman–Crippen LogP) is 4.93. The van der Waals surface area contributed by atoms with E-state index >= 15 is 0 Å². The van der Waals surface area contributed by atoms with Crippen LogP contribution in [0.15, 0.2) is 48.7 Å². The number of hydrogen-bond donors (Lipinski definition) is 1. The molecule has 1 N–H and O–H groups in total. The van der Waals surface area contributed by atoms with Crippen LogP contribution in [0.25, 0.3) is 28.1 Å². The van der Waals surface area contributed by atoms with Crippen LogP contribution in [-0.4, -0.2) is 55.2 Å². The van der Waals surface area contributed by atoms with Gasteiger partial charge < -0.3 is 5.32 Å². The summed E-state index contributed by atoms with van der Waals surface area (Å²) in [4.78, 5) is 18.8. The number of nitrogens with one attached hydrogen (secondary N) is 1. The molecule has 0 radical (unpaired) electrons. The number of rotatable bonds is 5. The molecule has 3 aromatic heterocycles. The van der Waals surface area contributed by atoms with Crippen LogP contribution < -0.4 is 5.32 Å². The van der Waals surface area contributed by atoms with Crippen molar-refractivity contribution in [2.45, 2.75) is 50.4 Å². The maximum absolute atomic E-state index is 14.1. The lowest BCUT2D eigenvalue weighted by atomic mass is 10.1. The number of fused-ring (bicyclic) bond motifs is 2. The van der Waals surface area contributed by atoms with E-state index in [9.17, 15) is 18.0 Å². The Labute approximate surface area is 205 Å². The Kier molecular flexibility index (Phi) is 5.26. The monoisotopic (exact) mass is 494 g/mol. The lowest BCUT2D eigenvalue weighted by Gasteiger charge is -2.29. The first-order chi connectivity index (χ1) is 17.2. The third-order valence-corrected chi connectivity index (χ3v) is 7.16. The molecule has 36 heavy (non-hydrogen) atoms. The molecule has 4 aromatic rings. The van der Waals surface area contributed by atoms with Gasteiger partial charge in [-0.1, -0.05) is 18.2 Å². The summed E-state index contributed by atoms with van der Waals surface area (Å²) in [5.74, 6) is 0.193. The highest BCUT2D eigenvalue weighted by Gasteiger charge is 2.45. The number of alkyl halides is 3. The molecule has 1 atom stereocenters. The standard InChI is InChI=1S/C26H25F3N6O/c1-25(10-11-25)31-24(36)17-5-4-16-6-8-19(30-20(16)14-17)23-33-32-21-9-7-18(15-35(21)23)22(26(27,28)29)34-12-2-3-13-34/h4-9,14-15,22H,2-3,10-13H2,1H3,(H,31,36)/t22-/m1/s1. The van der Waals surface area contributed by atoms with E-state index in [0.29, 0.717) is 41.3 Å². The molecule has 10 heteroatoms. The topological polar surface area (TPSA) is 75.4 Å². The van der Waals surface area contributed by atoms with E-state index in [1.54, 1.807) is 28.7 Å². The van der Waals surface area contributed by atoms with Gasteiger partial charge in [-0.3, -0.25) is 14.1 Å². The molecule has 1 aromatic carbocycles. The van der Waals surface area contributed by atoms with Crippen LogP contribution in [0.4, 0.5) is 13.2 Å². The van der Waals surface area contributed by atoms with E-state index in [4.69, 9.17) is 0 Å². The van der Waals surface area contributed by atoms with Gasteiger partial charge in [-0.2, -0.15) is 13.2 Å². The molecule has 1 aliphatic carbocycles. The predicted molar refractivity (Wildman–Crippen MR) is 128 cm³/mol. The van der Waals surface area contributed by atoms with Crippen molar-refractivity contribution in [2.75, 3.05) is 13.1 Å². The number of carbonyl (C=O) groups excluding carboxylic acids is 1. The summed E-state index contributed by atoms with van der Waals surface area (Å²) in [6.07, 6.45) is 0.502. The fourth-order valence-electron chi connectivity index (χ4n) is 4.89. The van der Waals surface area contributed by atoms with Crippen molar-refractivity contribution >= 4 is 22.5 Å². The van der Waals surface area contributed by atoms with E-state index in [1.165, 1.54) is 17.2 Å². The summed E-state index contributed by atoms with van der Waals surface area (Å²) in [6, 6.07) is 10.3. The second-order valence-electron chi connectivity index (χ2n) is 10.0. The fourth-order valence-corrected chi connectivity index (χ4v) is 4.89. The van der Waals surface area contributed by atoms with Gasteiger partial charge in [-0.05, 0) is 75.5 Å². The first-order valence-electron chi connectivity index (χ1n) is 12.1. The molecule has 6 rings (SSSR count). The van der Waals surface area contributed by atoms with E-state index in [2.05, 4.69) is 20.5 Å². The maximum Gasteiger partial charge on any atom is 0.408 e. The smallest absolute Gasteiger partial charge is 0.347 e. The van der Waals surface area contributed by atoms with Gasteiger partial charge in [-0.15, -0.1) is 10.2 Å². The van der Waals surface area contributed by atoms with E-state index in [0.717, 1.165) is 31.1 Å². The number of aromatic nitrogens is 4. The van der Waals surface area contributed by atoms with E-state index in [-0.39, 0.29) is 17.0 Å². The number of nitrogens with zero attached hydrogens (tertiary/aromatic N) is 5. The second-order valence-corrected chi connectivity index (χ2v) is 10.0. The van der Waals surface area contributed by atoms with Gasteiger partial charge in [0.2, 0.25) is 0 Å². The highest BCUT2D eigenvalue weighted by Crippen LogP contribution is 2.39. The van der Waals surface area contributed by atoms with E-state index < -0.39 is 12.2 Å². The number of hydrogen-bond acceptors (Lipinski definition) is 5. The van der Waals surface area contributed by atoms with Crippen molar-refractivity contribution in [3.05, 3.63) is 59.8 Å². The number of carbonyl (C=O) groups is 1. The number of halogens is 3. The fraction of sp³-hybridized carbons (Fsp3) is 0.385. The van der Waals surface area contributed by atoms with Crippen LogP contribution in [0.5, 0.6) is 0 Å². The molecule has 1 saturated heterocycles. The first-order valence-corrected chi connectivity index (χ1v) is 12.1. The zero-order valence-electron chi connectivity index (χ0n) is 19.7. The van der Waals surface area contributed by atoms with Crippen molar-refractivity contribution in [1.82, 2.24) is 29.8 Å². The van der Waals surface area contributed by atoms with E-state index in [1.807, 2.05) is 19.1 Å². The van der Waals surface area contributed by atoms with Crippen molar-refractivity contribution in [1.29, 1.82) is 0 Å². The number of likely N-dealkylation sites (tertiary alicyclic amines) is 1. The summed E-state index contributed by atoms with van der Waals surface area (Å²) < 4.78 is 43.8. The Bertz CT molecular complexity index is 1470. The molecule has 0 spiro atoms. The zero-order chi connectivity index (χ0) is 25.1. The molecule has 1 aliphatic heterocycles. The summed E-state index contributed by atoms with van der Waals surface area (Å²) in [5.41, 5.74) is 2.01. The Morgan fingerprint density at radius 1 is 1.06 bits per heavy atom. The van der Waals surface area contributed by atoms with Gasteiger partial charge in [0, 0.05) is 22.7 Å². The van der Waals surface area contributed by atoms with Crippen molar-refractivity contribution in [2.24, 2.45) is 0 Å². The van der Waals surface area contributed by atoms with Gasteiger partial charge in [-0.25, -0.2) is 4.98 Å². The number of pyridine rings is 2. The minimum atomic E-state index is -4.40. The Morgan fingerprint density at radius 3 is 2.53 bits per heavy atom. The molecule has 1 saturated carbocycles. The third kappa shape index (κ3) is 4.19. The van der Waals surface area contributed by atoms with Gasteiger partial charge in [0.05, 0.1) is 5.52 Å². The molecule has 7 nitrogen and oxygen atoms in total. The molecular weight excluding hydrogens is 469 g/mol. The third-order valence-electron chi connectivity index (χ3n) is 7.16. The van der Waals surface area contributed by atoms with Gasteiger partial charge in [0.25, 0.3) is 5.91 Å². The van der Waals surface area contributed by atoms with Crippen molar-refractivity contribution < 1.29 is 18.0 Å². The average molecular weight is 495 g/mol. The SMILES string of the molecule is CC1(NC(=O)c2ccc3ccc(-c4nnc5ccc([C@@H](N6CCCC6)C(F)(F)F)cn45)nc3c2)CC1. The zero-order valence-corrected chi connectivity index (χ0v) is 19.7. The van der Waals surface area contributed by atoms with Crippen LogP contribution in [0.1, 0.15) is 54.6 Å². The van der Waals surface area contributed by atoms with Crippen LogP contribution in [0.2, 0.25) is 0 Å². The van der Waals surface area contributed by atoms with Crippen LogP contribution >= 0.6 is 0 Å². The van der Waals surface area contributed by atoms with Crippen molar-refractivity contribution in [3.8, 4) is 11.5 Å². The highest BCUT2D eigenvalue weighted by atomic mass is 19.4. The first kappa shape index (κ1) is 22.9. The van der Waals surface area contributed by atoms with Gasteiger partial charge in [0.1, 0.15) is 11.7 Å². The van der Waals surface area contributed by atoms with Gasteiger partial charge >= 0.3 is 6.18 Å². The summed E-state index contributed by atoms with van der Waals surface area (Å²) in [6.45, 7) is 2.84. The van der Waals surface area contributed by atoms with Gasteiger partial charge in [0.15, 0.2) is 11.5 Å². The lowest BCUT2D eigenvalue weighted by molar-refractivity contribution is -0.183.